The Morgan fingerprint density at radius 3 is 2.44 bits per heavy atom. The fourth-order valence-electron chi connectivity index (χ4n) is 1.35. The zero-order valence-corrected chi connectivity index (χ0v) is 11.4. The van der Waals surface area contributed by atoms with Crippen molar-refractivity contribution in [3.8, 4) is 0 Å². The van der Waals surface area contributed by atoms with E-state index in [9.17, 15) is 4.79 Å². The minimum Gasteiger partial charge on any atom is -0.460 e. The minimum atomic E-state index is -0.368. The van der Waals surface area contributed by atoms with E-state index in [4.69, 9.17) is 4.74 Å². The Labute approximate surface area is 100 Å². The van der Waals surface area contributed by atoms with Gasteiger partial charge in [0.2, 0.25) is 0 Å². The lowest BCUT2D eigenvalue weighted by molar-refractivity contribution is -0.159. The van der Waals surface area contributed by atoms with Crippen LogP contribution in [-0.2, 0) is 9.53 Å². The first-order valence-electron chi connectivity index (χ1n) is 6.24. The summed E-state index contributed by atoms with van der Waals surface area (Å²) in [5, 5.41) is 0. The van der Waals surface area contributed by atoms with Gasteiger partial charge in [0, 0.05) is 0 Å². The third-order valence-electron chi connectivity index (χ3n) is 2.22. The highest BCUT2D eigenvalue weighted by atomic mass is 16.6. The van der Waals surface area contributed by atoms with Gasteiger partial charge in [0.15, 0.2) is 0 Å². The average Bonchev–Trinajstić information content (AvgIpc) is 2.14. The molecular weight excluding hydrogens is 200 g/mol. The van der Waals surface area contributed by atoms with Crippen molar-refractivity contribution in [1.82, 2.24) is 0 Å². The molecule has 2 heteroatoms. The maximum absolute atomic E-state index is 11.6. The normalized spacial score (nSPS) is 14.1. The van der Waals surface area contributed by atoms with Crippen molar-refractivity contribution in [3.63, 3.8) is 0 Å². The second-order valence-electron chi connectivity index (χ2n) is 5.25. The van der Waals surface area contributed by atoms with Crippen molar-refractivity contribution in [1.29, 1.82) is 0 Å². The number of rotatable bonds is 6. The van der Waals surface area contributed by atoms with E-state index >= 15 is 0 Å². The van der Waals surface area contributed by atoms with E-state index in [1.54, 1.807) is 0 Å². The van der Waals surface area contributed by atoms with Gasteiger partial charge in [0.25, 0.3) is 0 Å². The van der Waals surface area contributed by atoms with E-state index in [0.717, 1.165) is 25.7 Å². The van der Waals surface area contributed by atoms with Gasteiger partial charge in [-0.1, -0.05) is 26.0 Å². The minimum absolute atomic E-state index is 0.00857. The Morgan fingerprint density at radius 2 is 1.94 bits per heavy atom. The monoisotopic (exact) mass is 226 g/mol. The molecule has 0 amide bonds. The van der Waals surface area contributed by atoms with Crippen molar-refractivity contribution >= 4 is 5.97 Å². The van der Waals surface area contributed by atoms with Crippen molar-refractivity contribution in [2.75, 3.05) is 0 Å². The highest BCUT2D eigenvalue weighted by Gasteiger charge is 2.20. The summed E-state index contributed by atoms with van der Waals surface area (Å²) in [5.41, 5.74) is -0.368. The van der Waals surface area contributed by atoms with Gasteiger partial charge in [-0.3, -0.25) is 4.79 Å². The van der Waals surface area contributed by atoms with Crippen LogP contribution in [0, 0.1) is 5.92 Å². The predicted molar refractivity (Wildman–Crippen MR) is 68.3 cm³/mol. The van der Waals surface area contributed by atoms with Crippen molar-refractivity contribution < 1.29 is 9.53 Å². The molecule has 0 N–H and O–H groups in total. The van der Waals surface area contributed by atoms with Crippen LogP contribution in [0.15, 0.2) is 12.2 Å². The van der Waals surface area contributed by atoms with E-state index in [1.165, 1.54) is 0 Å². The number of hydrogen-bond acceptors (Lipinski definition) is 2. The third kappa shape index (κ3) is 8.51. The lowest BCUT2D eigenvalue weighted by Crippen LogP contribution is -2.27. The first-order valence-corrected chi connectivity index (χ1v) is 6.24. The van der Waals surface area contributed by atoms with E-state index < -0.39 is 0 Å². The van der Waals surface area contributed by atoms with Crippen LogP contribution in [0.25, 0.3) is 0 Å². The Bertz CT molecular complexity index is 223. The summed E-state index contributed by atoms with van der Waals surface area (Å²) in [6, 6.07) is 0. The molecule has 16 heavy (non-hydrogen) atoms. The largest absolute Gasteiger partial charge is 0.460 e. The molecule has 0 rings (SSSR count). The Hall–Kier alpha value is -0.790. The summed E-state index contributed by atoms with van der Waals surface area (Å²) in [4.78, 5) is 11.6. The topological polar surface area (TPSA) is 26.3 Å². The van der Waals surface area contributed by atoms with Gasteiger partial charge in [-0.25, -0.2) is 0 Å². The zero-order chi connectivity index (χ0) is 12.6. The van der Waals surface area contributed by atoms with Crippen molar-refractivity contribution in [3.05, 3.63) is 12.2 Å². The van der Waals surface area contributed by atoms with E-state index in [1.807, 2.05) is 27.7 Å². The molecule has 0 aliphatic rings. The summed E-state index contributed by atoms with van der Waals surface area (Å²) in [7, 11) is 0. The van der Waals surface area contributed by atoms with Gasteiger partial charge in [-0.15, -0.1) is 0 Å². The second kappa shape index (κ2) is 7.48. The van der Waals surface area contributed by atoms with Crippen molar-refractivity contribution in [2.24, 2.45) is 5.92 Å². The molecule has 2 nitrogen and oxygen atoms in total. The molecule has 0 aliphatic carbocycles. The van der Waals surface area contributed by atoms with Crippen LogP contribution in [0.1, 0.15) is 60.3 Å². The third-order valence-corrected chi connectivity index (χ3v) is 2.22. The molecule has 0 fully saturated rings. The molecule has 0 heterocycles. The number of esters is 1. The standard InChI is InChI=1S/C14H26O2/c1-6-7-8-9-10-11-12(2)13(15)16-14(3,4)5/h7-8,12H,6,9-11H2,1-5H3/b8-7+. The van der Waals surface area contributed by atoms with Crippen LogP contribution < -0.4 is 0 Å². The second-order valence-corrected chi connectivity index (χ2v) is 5.25. The molecule has 0 bridgehead atoms. The predicted octanol–water partition coefficient (Wildman–Crippen LogP) is 4.10. The van der Waals surface area contributed by atoms with Crippen LogP contribution in [-0.4, -0.2) is 11.6 Å². The Morgan fingerprint density at radius 1 is 1.31 bits per heavy atom. The molecule has 94 valence electrons. The zero-order valence-electron chi connectivity index (χ0n) is 11.4. The molecule has 0 spiro atoms. The quantitative estimate of drug-likeness (QED) is 0.387. The fraction of sp³-hybridized carbons (Fsp3) is 0.786. The number of ether oxygens (including phenoxy) is 1. The van der Waals surface area contributed by atoms with Crippen LogP contribution in [0.3, 0.4) is 0 Å². The molecule has 1 unspecified atom stereocenters. The van der Waals surface area contributed by atoms with Crippen LogP contribution >= 0.6 is 0 Å². The van der Waals surface area contributed by atoms with E-state index in [-0.39, 0.29) is 17.5 Å². The maximum Gasteiger partial charge on any atom is 0.309 e. The SMILES string of the molecule is CC/C=C/CCCC(C)C(=O)OC(C)(C)C. The lowest BCUT2D eigenvalue weighted by atomic mass is 10.0. The lowest BCUT2D eigenvalue weighted by Gasteiger charge is -2.22. The molecule has 1 atom stereocenters. The van der Waals surface area contributed by atoms with Crippen LogP contribution in [0.5, 0.6) is 0 Å². The summed E-state index contributed by atoms with van der Waals surface area (Å²) in [6.07, 6.45) is 8.45. The maximum atomic E-state index is 11.6. The van der Waals surface area contributed by atoms with Crippen molar-refractivity contribution in [2.45, 2.75) is 65.9 Å². The molecule has 0 aromatic rings. The van der Waals surface area contributed by atoms with Crippen LogP contribution in [0.4, 0.5) is 0 Å². The molecule has 0 saturated carbocycles. The highest BCUT2D eigenvalue weighted by Crippen LogP contribution is 2.15. The van der Waals surface area contributed by atoms with Crippen LogP contribution in [0.2, 0.25) is 0 Å². The number of hydrogen-bond donors (Lipinski definition) is 0. The van der Waals surface area contributed by atoms with Gasteiger partial charge in [-0.2, -0.15) is 0 Å². The smallest absolute Gasteiger partial charge is 0.309 e. The molecule has 0 aromatic heterocycles. The first kappa shape index (κ1) is 15.2. The highest BCUT2D eigenvalue weighted by molar-refractivity contribution is 5.72. The molecular formula is C14H26O2. The van der Waals surface area contributed by atoms with Gasteiger partial charge < -0.3 is 4.74 Å². The summed E-state index contributed by atoms with van der Waals surface area (Å²) >= 11 is 0. The molecule has 0 aromatic carbocycles. The Balaban J connectivity index is 3.76. The van der Waals surface area contributed by atoms with Gasteiger partial charge in [0.05, 0.1) is 5.92 Å². The molecule has 0 aliphatic heterocycles. The molecule has 0 saturated heterocycles. The number of unbranched alkanes of at least 4 members (excludes halogenated alkanes) is 1. The number of carbonyl (C=O) groups is 1. The first-order chi connectivity index (χ1) is 7.37. The fourth-order valence-corrected chi connectivity index (χ4v) is 1.35. The van der Waals surface area contributed by atoms with E-state index in [2.05, 4.69) is 19.1 Å². The summed E-state index contributed by atoms with van der Waals surface area (Å²) < 4.78 is 5.32. The van der Waals surface area contributed by atoms with Gasteiger partial charge in [0.1, 0.15) is 5.60 Å². The summed E-state index contributed by atoms with van der Waals surface area (Å²) in [6.45, 7) is 9.78. The number of carbonyl (C=O) groups excluding carboxylic acids is 1. The number of allylic oxidation sites excluding steroid dienone is 2. The van der Waals surface area contributed by atoms with E-state index in [0.29, 0.717) is 0 Å². The van der Waals surface area contributed by atoms with Gasteiger partial charge >= 0.3 is 5.97 Å². The van der Waals surface area contributed by atoms with Gasteiger partial charge in [-0.05, 0) is 46.5 Å². The average molecular weight is 226 g/mol. The Kier molecular flexibility index (Phi) is 7.11. The molecule has 0 radical (unpaired) electrons. The summed E-state index contributed by atoms with van der Waals surface area (Å²) in [5.74, 6) is -0.0683.